The molecule has 0 aliphatic carbocycles. The molecular formula is C26H37N3O4S. The van der Waals surface area contributed by atoms with Gasteiger partial charge in [0.05, 0.1) is 11.9 Å². The Labute approximate surface area is 204 Å². The minimum atomic E-state index is -3.75. The lowest BCUT2D eigenvalue weighted by Gasteiger charge is -2.32. The largest absolute Gasteiger partial charge is 0.357 e. The van der Waals surface area contributed by atoms with Crippen molar-refractivity contribution < 1.29 is 18.0 Å². The van der Waals surface area contributed by atoms with E-state index in [-0.39, 0.29) is 17.9 Å². The fourth-order valence-electron chi connectivity index (χ4n) is 3.83. The van der Waals surface area contributed by atoms with Gasteiger partial charge in [0.2, 0.25) is 21.8 Å². The van der Waals surface area contributed by atoms with Crippen molar-refractivity contribution in [1.29, 1.82) is 0 Å². The van der Waals surface area contributed by atoms with Gasteiger partial charge in [-0.2, -0.15) is 0 Å². The summed E-state index contributed by atoms with van der Waals surface area (Å²) in [5.74, 6) is -0.730. The van der Waals surface area contributed by atoms with Crippen molar-refractivity contribution in [2.75, 3.05) is 24.2 Å². The van der Waals surface area contributed by atoms with Gasteiger partial charge in [0.1, 0.15) is 12.6 Å². The summed E-state index contributed by atoms with van der Waals surface area (Å²) >= 11 is 0. The van der Waals surface area contributed by atoms with E-state index in [1.807, 2.05) is 50.2 Å². The Hall–Kier alpha value is -2.87. The molecule has 0 aromatic heterocycles. The Morgan fingerprint density at radius 1 is 1.06 bits per heavy atom. The Morgan fingerprint density at radius 3 is 2.15 bits per heavy atom. The monoisotopic (exact) mass is 487 g/mol. The van der Waals surface area contributed by atoms with Crippen LogP contribution in [0.3, 0.4) is 0 Å². The first kappa shape index (κ1) is 27.4. The van der Waals surface area contributed by atoms with E-state index in [1.165, 1.54) is 11.9 Å². The third kappa shape index (κ3) is 7.06. The van der Waals surface area contributed by atoms with E-state index in [4.69, 9.17) is 0 Å². The van der Waals surface area contributed by atoms with Crippen molar-refractivity contribution >= 4 is 27.5 Å². The van der Waals surface area contributed by atoms with Crippen molar-refractivity contribution in [3.8, 4) is 0 Å². The molecule has 2 aromatic carbocycles. The molecule has 0 bridgehead atoms. The van der Waals surface area contributed by atoms with E-state index in [2.05, 4.69) is 26.1 Å². The zero-order chi connectivity index (χ0) is 25.7. The summed E-state index contributed by atoms with van der Waals surface area (Å²) in [5.41, 5.74) is 3.29. The molecular weight excluding hydrogens is 450 g/mol. The van der Waals surface area contributed by atoms with E-state index in [0.29, 0.717) is 12.1 Å². The van der Waals surface area contributed by atoms with Gasteiger partial charge in [-0.05, 0) is 42.0 Å². The number of likely N-dealkylation sites (N-methyl/N-ethyl adjacent to an activating group) is 1. The second-order valence-corrected chi connectivity index (χ2v) is 11.5. The van der Waals surface area contributed by atoms with Crippen LogP contribution < -0.4 is 9.62 Å². The summed E-state index contributed by atoms with van der Waals surface area (Å²) < 4.78 is 26.5. The normalized spacial score (nSPS) is 12.7. The molecule has 34 heavy (non-hydrogen) atoms. The number of hydrogen-bond acceptors (Lipinski definition) is 4. The molecule has 0 unspecified atom stereocenters. The molecule has 1 N–H and O–H groups in total. The number of anilines is 1. The highest BCUT2D eigenvalue weighted by molar-refractivity contribution is 7.92. The molecule has 186 valence electrons. The van der Waals surface area contributed by atoms with Crippen LogP contribution in [0.25, 0.3) is 0 Å². The molecule has 0 saturated heterocycles. The first-order valence-corrected chi connectivity index (χ1v) is 13.3. The van der Waals surface area contributed by atoms with Gasteiger partial charge in [0, 0.05) is 13.6 Å². The summed E-state index contributed by atoms with van der Waals surface area (Å²) in [6.45, 7) is 9.82. The summed E-state index contributed by atoms with van der Waals surface area (Å²) in [7, 11) is -2.22. The highest BCUT2D eigenvalue weighted by atomic mass is 32.2. The number of nitrogens with one attached hydrogen (secondary N) is 1. The average Bonchev–Trinajstić information content (AvgIpc) is 2.75. The van der Waals surface area contributed by atoms with Crippen LogP contribution >= 0.6 is 0 Å². The lowest BCUT2D eigenvalue weighted by atomic mass is 9.87. The highest BCUT2D eigenvalue weighted by Gasteiger charge is 2.31. The van der Waals surface area contributed by atoms with Crippen LogP contribution in [-0.4, -0.2) is 51.0 Å². The molecule has 2 rings (SSSR count). The van der Waals surface area contributed by atoms with Gasteiger partial charge >= 0.3 is 0 Å². The lowest BCUT2D eigenvalue weighted by Crippen LogP contribution is -2.51. The van der Waals surface area contributed by atoms with E-state index < -0.39 is 28.5 Å². The molecule has 8 heteroatoms. The van der Waals surface area contributed by atoms with Crippen LogP contribution in [-0.2, 0) is 31.6 Å². The maximum atomic E-state index is 13.5. The van der Waals surface area contributed by atoms with Crippen LogP contribution in [0.15, 0.2) is 48.5 Å². The number of rotatable bonds is 9. The highest BCUT2D eigenvalue weighted by Crippen LogP contribution is 2.26. The van der Waals surface area contributed by atoms with Crippen LogP contribution in [0.1, 0.15) is 50.8 Å². The molecule has 0 heterocycles. The molecule has 7 nitrogen and oxygen atoms in total. The van der Waals surface area contributed by atoms with Crippen LogP contribution in [0.4, 0.5) is 5.69 Å². The molecule has 0 radical (unpaired) electrons. The fourth-order valence-corrected chi connectivity index (χ4v) is 4.68. The van der Waals surface area contributed by atoms with Crippen molar-refractivity contribution in [2.24, 2.45) is 0 Å². The van der Waals surface area contributed by atoms with Gasteiger partial charge in [0.15, 0.2) is 0 Å². The smallest absolute Gasteiger partial charge is 0.244 e. The summed E-state index contributed by atoms with van der Waals surface area (Å²) in [4.78, 5) is 27.6. The zero-order valence-electron chi connectivity index (χ0n) is 21.3. The van der Waals surface area contributed by atoms with Gasteiger partial charge < -0.3 is 10.2 Å². The molecule has 1 atom stereocenters. The second-order valence-electron chi connectivity index (χ2n) is 9.62. The molecule has 0 spiro atoms. The number of aryl methyl sites for hydroxylation is 1. The van der Waals surface area contributed by atoms with E-state index in [0.717, 1.165) is 27.3 Å². The maximum Gasteiger partial charge on any atom is 0.244 e. The molecule has 2 amide bonds. The number of nitrogens with zero attached hydrogens (tertiary/aromatic N) is 2. The van der Waals surface area contributed by atoms with Crippen molar-refractivity contribution in [3.05, 3.63) is 65.2 Å². The summed E-state index contributed by atoms with van der Waals surface area (Å²) in [6.07, 6.45) is 1.48. The van der Waals surface area contributed by atoms with E-state index in [1.54, 1.807) is 12.1 Å². The van der Waals surface area contributed by atoms with Gasteiger partial charge in [-0.15, -0.1) is 0 Å². The minimum absolute atomic E-state index is 0.0866. The first-order chi connectivity index (χ1) is 15.8. The van der Waals surface area contributed by atoms with Gasteiger partial charge in [0.25, 0.3) is 0 Å². The lowest BCUT2D eigenvalue weighted by molar-refractivity contribution is -0.140. The van der Waals surface area contributed by atoms with Crippen LogP contribution in [0, 0.1) is 6.92 Å². The van der Waals surface area contributed by atoms with Crippen molar-refractivity contribution in [3.63, 3.8) is 0 Å². The quantitative estimate of drug-likeness (QED) is 0.585. The Morgan fingerprint density at radius 2 is 1.68 bits per heavy atom. The van der Waals surface area contributed by atoms with E-state index in [9.17, 15) is 18.0 Å². The number of amides is 2. The second kappa shape index (κ2) is 11.0. The fraction of sp³-hybridized carbons (Fsp3) is 0.462. The predicted octanol–water partition coefficient (Wildman–Crippen LogP) is 3.61. The number of benzene rings is 2. The predicted molar refractivity (Wildman–Crippen MR) is 137 cm³/mol. The number of sulfonamides is 1. The van der Waals surface area contributed by atoms with Gasteiger partial charge in [-0.3, -0.25) is 13.9 Å². The van der Waals surface area contributed by atoms with Crippen LogP contribution in [0.2, 0.25) is 0 Å². The summed E-state index contributed by atoms with van der Waals surface area (Å²) in [5, 5.41) is 2.62. The molecule has 0 saturated carbocycles. The standard InChI is InChI=1S/C26H37N3O4S/c1-8-23(25(31)27-6)28(17-20-11-9-10-19(2)16-20)24(30)18-29(34(7,32)33)22-14-12-21(13-15-22)26(3,4)5/h9-16,23H,8,17-18H2,1-7H3,(H,27,31)/t23-/m0/s1. The number of hydrogen-bond donors (Lipinski definition) is 1. The van der Waals surface area contributed by atoms with Crippen molar-refractivity contribution in [2.45, 2.75) is 59.0 Å². The Kier molecular flexibility index (Phi) is 8.89. The Bertz CT molecular complexity index is 1110. The number of carbonyl (C=O) groups is 2. The molecule has 0 fully saturated rings. The van der Waals surface area contributed by atoms with Crippen molar-refractivity contribution in [1.82, 2.24) is 10.2 Å². The third-order valence-electron chi connectivity index (χ3n) is 5.77. The third-order valence-corrected chi connectivity index (χ3v) is 6.91. The van der Waals surface area contributed by atoms with E-state index >= 15 is 0 Å². The topological polar surface area (TPSA) is 86.8 Å². The molecule has 0 aliphatic heterocycles. The molecule has 0 aliphatic rings. The minimum Gasteiger partial charge on any atom is -0.357 e. The molecule has 2 aromatic rings. The maximum absolute atomic E-state index is 13.5. The average molecular weight is 488 g/mol. The zero-order valence-corrected chi connectivity index (χ0v) is 22.1. The van der Waals surface area contributed by atoms with Crippen LogP contribution in [0.5, 0.6) is 0 Å². The van der Waals surface area contributed by atoms with Gasteiger partial charge in [-0.25, -0.2) is 8.42 Å². The Balaban J connectivity index is 2.43. The first-order valence-electron chi connectivity index (χ1n) is 11.4. The SMILES string of the molecule is CC[C@@H](C(=O)NC)N(Cc1cccc(C)c1)C(=O)CN(c1ccc(C(C)(C)C)cc1)S(C)(=O)=O. The number of carbonyl (C=O) groups excluding carboxylic acids is 2. The van der Waals surface area contributed by atoms with Gasteiger partial charge in [-0.1, -0.05) is 69.7 Å². The summed E-state index contributed by atoms with van der Waals surface area (Å²) in [6, 6.07) is 14.2.